The van der Waals surface area contributed by atoms with E-state index in [-0.39, 0.29) is 8.17 Å². The van der Waals surface area contributed by atoms with E-state index in [0.29, 0.717) is 6.10 Å². The maximum atomic E-state index is 6.16. The Labute approximate surface area is 119 Å². The second-order valence-corrected chi connectivity index (χ2v) is 11.3. The van der Waals surface area contributed by atoms with Crippen molar-refractivity contribution in [3.8, 4) is 0 Å². The van der Waals surface area contributed by atoms with Gasteiger partial charge in [-0.2, -0.15) is 0 Å². The summed E-state index contributed by atoms with van der Waals surface area (Å²) in [7, 11) is 0. The molecule has 0 amide bonds. The summed E-state index contributed by atoms with van der Waals surface area (Å²) in [6.45, 7) is 4.42. The number of ether oxygens (including phenoxy) is 1. The minimum atomic E-state index is 0.0454. The molecule has 1 heterocycles. The standard InChI is InChI=1S/C12H18Br2OS/c1-11(2)15-9-5-3-7-8(12(7,13)14)4-6-10(9)16-11/h7-10H,3-6H2,1-2H3/t7-,8-,9-,10-/m1/s1. The summed E-state index contributed by atoms with van der Waals surface area (Å²) >= 11 is 9.68. The van der Waals surface area contributed by atoms with Crippen LogP contribution in [0, 0.1) is 11.8 Å². The molecule has 2 saturated carbocycles. The van der Waals surface area contributed by atoms with E-state index in [1.807, 2.05) is 11.8 Å². The highest BCUT2D eigenvalue weighted by Crippen LogP contribution is 2.67. The second kappa shape index (κ2) is 3.88. The molecule has 0 unspecified atom stereocenters. The zero-order valence-electron chi connectivity index (χ0n) is 9.71. The largest absolute Gasteiger partial charge is 0.361 e. The fourth-order valence-corrected chi connectivity index (χ4v) is 6.77. The van der Waals surface area contributed by atoms with Gasteiger partial charge in [-0.05, 0) is 51.4 Å². The van der Waals surface area contributed by atoms with Crippen molar-refractivity contribution in [1.29, 1.82) is 0 Å². The Hall–Kier alpha value is 1.27. The molecule has 16 heavy (non-hydrogen) atoms. The number of rotatable bonds is 0. The summed E-state index contributed by atoms with van der Waals surface area (Å²) in [4.78, 5) is 0.0454. The molecule has 0 N–H and O–H groups in total. The van der Waals surface area contributed by atoms with Gasteiger partial charge in [0.2, 0.25) is 0 Å². The molecule has 92 valence electrons. The first-order valence-corrected chi connectivity index (χ1v) is 8.60. The number of fused-ring (bicyclic) bond motifs is 2. The second-order valence-electron chi connectivity index (χ2n) is 5.75. The molecule has 1 aliphatic heterocycles. The first kappa shape index (κ1) is 12.3. The van der Waals surface area contributed by atoms with Gasteiger partial charge in [-0.3, -0.25) is 0 Å². The molecule has 2 aliphatic carbocycles. The van der Waals surface area contributed by atoms with Gasteiger partial charge in [0.05, 0.1) is 9.34 Å². The Bertz CT molecular complexity index is 277. The summed E-state index contributed by atoms with van der Waals surface area (Å²) < 4.78 is 6.42. The van der Waals surface area contributed by atoms with Gasteiger partial charge in [-0.15, -0.1) is 11.8 Å². The number of halogens is 2. The van der Waals surface area contributed by atoms with Crippen molar-refractivity contribution in [2.24, 2.45) is 11.8 Å². The molecule has 4 atom stereocenters. The van der Waals surface area contributed by atoms with Gasteiger partial charge in [-0.25, -0.2) is 0 Å². The van der Waals surface area contributed by atoms with Crippen molar-refractivity contribution < 1.29 is 4.74 Å². The molecule has 3 aliphatic rings. The molecular formula is C12H18Br2OS. The number of thioether (sulfide) groups is 1. The average molecular weight is 370 g/mol. The molecule has 1 nitrogen and oxygen atoms in total. The van der Waals surface area contributed by atoms with E-state index in [4.69, 9.17) is 4.74 Å². The molecule has 0 aromatic carbocycles. The first-order valence-electron chi connectivity index (χ1n) is 6.13. The van der Waals surface area contributed by atoms with Crippen molar-refractivity contribution in [2.75, 3.05) is 0 Å². The SMILES string of the molecule is CC1(C)O[C@@H]2CC[C@@H]3[C@@H](CC[C@H]2S1)C3(Br)Br. The predicted molar refractivity (Wildman–Crippen MR) is 76.4 cm³/mol. The number of hydrogen-bond acceptors (Lipinski definition) is 2. The zero-order valence-corrected chi connectivity index (χ0v) is 13.7. The third-order valence-corrected chi connectivity index (χ3v) is 8.03. The fraction of sp³-hybridized carbons (Fsp3) is 1.00. The van der Waals surface area contributed by atoms with Gasteiger partial charge in [0.15, 0.2) is 0 Å². The molecule has 0 aromatic heterocycles. The highest BCUT2D eigenvalue weighted by molar-refractivity contribution is 9.25. The summed E-state index contributed by atoms with van der Waals surface area (Å²) in [5, 5.41) is 0.729. The van der Waals surface area contributed by atoms with E-state index < -0.39 is 0 Å². The molecule has 0 bridgehead atoms. The molecular weight excluding hydrogens is 352 g/mol. The number of hydrogen-bond donors (Lipinski definition) is 0. The van der Waals surface area contributed by atoms with E-state index >= 15 is 0 Å². The Kier molecular flexibility index (Phi) is 2.99. The van der Waals surface area contributed by atoms with Crippen LogP contribution < -0.4 is 0 Å². The Morgan fingerprint density at radius 1 is 1.06 bits per heavy atom. The summed E-state index contributed by atoms with van der Waals surface area (Å²) in [5.74, 6) is 1.67. The Morgan fingerprint density at radius 3 is 2.38 bits per heavy atom. The van der Waals surface area contributed by atoms with Crippen LogP contribution in [0.1, 0.15) is 39.5 Å². The lowest BCUT2D eigenvalue weighted by atomic mass is 9.98. The van der Waals surface area contributed by atoms with Crippen LogP contribution in [0.2, 0.25) is 0 Å². The fourth-order valence-electron chi connectivity index (χ4n) is 3.33. The summed E-state index contributed by atoms with van der Waals surface area (Å²) in [6, 6.07) is 0. The van der Waals surface area contributed by atoms with Gasteiger partial charge in [0.25, 0.3) is 0 Å². The van der Waals surface area contributed by atoms with Crippen LogP contribution in [0.3, 0.4) is 0 Å². The average Bonchev–Trinajstić information content (AvgIpc) is 2.49. The van der Waals surface area contributed by atoms with E-state index in [2.05, 4.69) is 45.7 Å². The Balaban J connectivity index is 1.69. The number of alkyl halides is 2. The molecule has 0 aromatic rings. The lowest BCUT2D eigenvalue weighted by Crippen LogP contribution is -2.23. The predicted octanol–water partition coefficient (Wildman–Crippen LogP) is 4.53. The van der Waals surface area contributed by atoms with E-state index in [1.54, 1.807) is 0 Å². The third kappa shape index (κ3) is 2.02. The van der Waals surface area contributed by atoms with Crippen LogP contribution in [0.15, 0.2) is 0 Å². The van der Waals surface area contributed by atoms with Crippen LogP contribution in [-0.4, -0.2) is 19.5 Å². The van der Waals surface area contributed by atoms with Crippen LogP contribution >= 0.6 is 43.6 Å². The summed E-state index contributed by atoms with van der Waals surface area (Å²) in [5.41, 5.74) is 0. The normalized spacial score (nSPS) is 48.8. The highest BCUT2D eigenvalue weighted by atomic mass is 79.9. The van der Waals surface area contributed by atoms with Crippen molar-refractivity contribution in [3.63, 3.8) is 0 Å². The lowest BCUT2D eigenvalue weighted by Gasteiger charge is -2.20. The van der Waals surface area contributed by atoms with Crippen molar-refractivity contribution in [2.45, 2.75) is 59.1 Å². The first-order chi connectivity index (χ1) is 7.40. The van der Waals surface area contributed by atoms with Crippen molar-refractivity contribution >= 4 is 43.6 Å². The van der Waals surface area contributed by atoms with Gasteiger partial charge in [0.1, 0.15) is 4.93 Å². The zero-order chi connectivity index (χ0) is 11.6. The van der Waals surface area contributed by atoms with E-state index in [0.717, 1.165) is 17.1 Å². The van der Waals surface area contributed by atoms with Crippen molar-refractivity contribution in [1.82, 2.24) is 0 Å². The molecule has 3 fully saturated rings. The quantitative estimate of drug-likeness (QED) is 0.580. The van der Waals surface area contributed by atoms with Gasteiger partial charge >= 0.3 is 0 Å². The highest BCUT2D eigenvalue weighted by Gasteiger charge is 2.62. The maximum Gasteiger partial charge on any atom is 0.108 e. The van der Waals surface area contributed by atoms with E-state index in [9.17, 15) is 0 Å². The smallest absolute Gasteiger partial charge is 0.108 e. The van der Waals surface area contributed by atoms with Crippen LogP contribution in [-0.2, 0) is 4.74 Å². The third-order valence-electron chi connectivity index (χ3n) is 4.17. The van der Waals surface area contributed by atoms with Gasteiger partial charge < -0.3 is 4.74 Å². The molecule has 0 spiro atoms. The molecule has 4 heteroatoms. The van der Waals surface area contributed by atoms with Crippen LogP contribution in [0.25, 0.3) is 0 Å². The Morgan fingerprint density at radius 2 is 1.69 bits per heavy atom. The van der Waals surface area contributed by atoms with Crippen molar-refractivity contribution in [3.05, 3.63) is 0 Å². The molecule has 3 rings (SSSR count). The topological polar surface area (TPSA) is 9.23 Å². The van der Waals surface area contributed by atoms with Crippen LogP contribution in [0.4, 0.5) is 0 Å². The van der Waals surface area contributed by atoms with Gasteiger partial charge in [0, 0.05) is 5.25 Å². The van der Waals surface area contributed by atoms with E-state index in [1.165, 1.54) is 25.7 Å². The minimum Gasteiger partial charge on any atom is -0.361 e. The monoisotopic (exact) mass is 368 g/mol. The lowest BCUT2D eigenvalue weighted by molar-refractivity contribution is -0.00317. The summed E-state index contributed by atoms with van der Waals surface area (Å²) in [6.07, 6.45) is 5.70. The van der Waals surface area contributed by atoms with Crippen LogP contribution in [0.5, 0.6) is 0 Å². The maximum absolute atomic E-state index is 6.16. The molecule has 0 radical (unpaired) electrons. The van der Waals surface area contributed by atoms with Gasteiger partial charge in [-0.1, -0.05) is 31.9 Å². The minimum absolute atomic E-state index is 0.0454. The molecule has 1 saturated heterocycles.